The lowest BCUT2D eigenvalue weighted by atomic mass is 10.0. The first kappa shape index (κ1) is 16.7. The molecule has 25 heavy (non-hydrogen) atoms. The molecule has 0 amide bonds. The minimum Gasteiger partial charge on any atom is -0.451 e. The number of ether oxygens (including phenoxy) is 1. The van der Waals surface area contributed by atoms with Gasteiger partial charge in [-0.3, -0.25) is 4.79 Å². The average Bonchev–Trinajstić information content (AvgIpc) is 2.66. The maximum atomic E-state index is 12.2. The van der Waals surface area contributed by atoms with Gasteiger partial charge in [-0.25, -0.2) is 4.79 Å². The molecule has 1 atom stereocenters. The molecule has 0 aliphatic rings. The summed E-state index contributed by atoms with van der Waals surface area (Å²) < 4.78 is 5.23. The number of carbonyl (C=O) groups is 2. The fourth-order valence-corrected chi connectivity index (χ4v) is 2.66. The number of fused-ring (bicyclic) bond motifs is 1. The molecule has 0 saturated heterocycles. The van der Waals surface area contributed by atoms with Crippen LogP contribution < -0.4 is 0 Å². The van der Waals surface area contributed by atoms with Crippen LogP contribution in [0.1, 0.15) is 22.8 Å². The van der Waals surface area contributed by atoms with Crippen molar-refractivity contribution in [2.24, 2.45) is 0 Å². The van der Waals surface area contributed by atoms with Crippen LogP contribution in [-0.2, 0) is 9.53 Å². The van der Waals surface area contributed by atoms with Gasteiger partial charge in [0.2, 0.25) is 5.78 Å². The monoisotopic (exact) mass is 330 g/mol. The van der Waals surface area contributed by atoms with E-state index in [1.54, 1.807) is 37.3 Å². The molecule has 0 radical (unpaired) electrons. The molecular weight excluding hydrogens is 312 g/mol. The molecule has 0 spiro atoms. The highest BCUT2D eigenvalue weighted by molar-refractivity contribution is 6.01. The van der Waals surface area contributed by atoms with E-state index in [0.29, 0.717) is 5.56 Å². The number of carbonyl (C=O) groups excluding carboxylic acids is 2. The first-order valence-electron chi connectivity index (χ1n) is 8.11. The quantitative estimate of drug-likeness (QED) is 0.388. The van der Waals surface area contributed by atoms with Gasteiger partial charge in [0.05, 0.1) is 0 Å². The van der Waals surface area contributed by atoms with Gasteiger partial charge in [-0.15, -0.1) is 0 Å². The minimum absolute atomic E-state index is 0.215. The zero-order valence-electron chi connectivity index (χ0n) is 13.9. The molecule has 124 valence electrons. The molecular formula is C22H18O3. The van der Waals surface area contributed by atoms with Crippen LogP contribution in [-0.4, -0.2) is 17.9 Å². The van der Waals surface area contributed by atoms with Crippen molar-refractivity contribution < 1.29 is 14.3 Å². The van der Waals surface area contributed by atoms with E-state index >= 15 is 0 Å². The SMILES string of the molecule is C[C@H](OC(=O)/C=C/c1cccc2ccccc12)C(=O)c1ccccc1. The zero-order chi connectivity index (χ0) is 17.6. The van der Waals surface area contributed by atoms with Gasteiger partial charge in [-0.05, 0) is 29.3 Å². The van der Waals surface area contributed by atoms with Crippen LogP contribution in [0.4, 0.5) is 0 Å². The van der Waals surface area contributed by atoms with Crippen molar-refractivity contribution in [3.63, 3.8) is 0 Å². The van der Waals surface area contributed by atoms with Crippen LogP contribution in [0.2, 0.25) is 0 Å². The Bertz CT molecular complexity index is 921. The molecule has 0 unspecified atom stereocenters. The van der Waals surface area contributed by atoms with Crippen molar-refractivity contribution in [1.29, 1.82) is 0 Å². The summed E-state index contributed by atoms with van der Waals surface area (Å²) in [6.07, 6.45) is 2.24. The van der Waals surface area contributed by atoms with Crippen molar-refractivity contribution in [1.82, 2.24) is 0 Å². The standard InChI is InChI=1S/C22H18O3/c1-16(22(24)19-9-3-2-4-10-19)25-21(23)15-14-18-12-7-11-17-8-5-6-13-20(17)18/h2-16H,1H3/b15-14+/t16-/m0/s1. The van der Waals surface area contributed by atoms with E-state index in [9.17, 15) is 9.59 Å². The Morgan fingerprint density at radius 3 is 2.36 bits per heavy atom. The van der Waals surface area contributed by atoms with Crippen LogP contribution in [0.5, 0.6) is 0 Å². The highest BCUT2D eigenvalue weighted by Gasteiger charge is 2.18. The molecule has 3 aromatic carbocycles. The third kappa shape index (κ3) is 4.01. The molecule has 3 nitrogen and oxygen atoms in total. The van der Waals surface area contributed by atoms with Gasteiger partial charge in [0, 0.05) is 11.6 Å². The normalized spacial score (nSPS) is 12.2. The molecule has 0 heterocycles. The first-order chi connectivity index (χ1) is 12.1. The lowest BCUT2D eigenvalue weighted by Crippen LogP contribution is -2.23. The average molecular weight is 330 g/mol. The summed E-state index contributed by atoms with van der Waals surface area (Å²) in [5.74, 6) is -0.753. The van der Waals surface area contributed by atoms with Crippen molar-refractivity contribution >= 4 is 28.6 Å². The topological polar surface area (TPSA) is 43.4 Å². The molecule has 0 N–H and O–H groups in total. The Hall–Kier alpha value is -3.20. The van der Waals surface area contributed by atoms with E-state index in [1.807, 2.05) is 48.5 Å². The van der Waals surface area contributed by atoms with Crippen LogP contribution in [0.25, 0.3) is 16.8 Å². The van der Waals surface area contributed by atoms with E-state index < -0.39 is 12.1 Å². The number of esters is 1. The Morgan fingerprint density at radius 1 is 0.880 bits per heavy atom. The smallest absolute Gasteiger partial charge is 0.331 e. The predicted octanol–water partition coefficient (Wildman–Crippen LogP) is 4.67. The highest BCUT2D eigenvalue weighted by atomic mass is 16.5. The molecule has 0 saturated carbocycles. The summed E-state index contributed by atoms with van der Waals surface area (Å²) in [6, 6.07) is 22.7. The summed E-state index contributed by atoms with van der Waals surface area (Å²) in [5.41, 5.74) is 1.46. The van der Waals surface area contributed by atoms with Gasteiger partial charge in [0.15, 0.2) is 6.10 Å². The summed E-state index contributed by atoms with van der Waals surface area (Å²) >= 11 is 0. The van der Waals surface area contributed by atoms with Crippen LogP contribution >= 0.6 is 0 Å². The van der Waals surface area contributed by atoms with E-state index in [-0.39, 0.29) is 5.78 Å². The number of ketones is 1. The highest BCUT2D eigenvalue weighted by Crippen LogP contribution is 2.19. The number of Topliss-reactive ketones (excluding diaryl/α,β-unsaturated/α-hetero) is 1. The Kier molecular flexibility index (Phi) is 5.05. The third-order valence-electron chi connectivity index (χ3n) is 3.94. The summed E-state index contributed by atoms with van der Waals surface area (Å²) in [7, 11) is 0. The number of benzene rings is 3. The Morgan fingerprint density at radius 2 is 1.56 bits per heavy atom. The summed E-state index contributed by atoms with van der Waals surface area (Å²) in [6.45, 7) is 1.58. The second-order valence-corrected chi connectivity index (χ2v) is 5.71. The molecule has 0 aliphatic carbocycles. The first-order valence-corrected chi connectivity index (χ1v) is 8.11. The molecule has 3 heteroatoms. The van der Waals surface area contributed by atoms with Crippen molar-refractivity contribution in [3.8, 4) is 0 Å². The van der Waals surface area contributed by atoms with Crippen LogP contribution in [0, 0.1) is 0 Å². The van der Waals surface area contributed by atoms with Crippen LogP contribution in [0.3, 0.4) is 0 Å². The largest absolute Gasteiger partial charge is 0.451 e. The molecule has 0 bridgehead atoms. The maximum absolute atomic E-state index is 12.2. The van der Waals surface area contributed by atoms with E-state index in [2.05, 4.69) is 0 Å². The lowest BCUT2D eigenvalue weighted by molar-refractivity contribution is -0.140. The number of hydrogen-bond acceptors (Lipinski definition) is 3. The second-order valence-electron chi connectivity index (χ2n) is 5.71. The van der Waals surface area contributed by atoms with E-state index in [1.165, 1.54) is 6.08 Å². The number of hydrogen-bond donors (Lipinski definition) is 0. The van der Waals surface area contributed by atoms with E-state index in [4.69, 9.17) is 4.74 Å². The van der Waals surface area contributed by atoms with Gasteiger partial charge >= 0.3 is 5.97 Å². The van der Waals surface area contributed by atoms with Gasteiger partial charge in [0.25, 0.3) is 0 Å². The molecule has 0 aromatic heterocycles. The van der Waals surface area contributed by atoms with Gasteiger partial charge in [-0.1, -0.05) is 72.8 Å². The zero-order valence-corrected chi connectivity index (χ0v) is 13.9. The van der Waals surface area contributed by atoms with Gasteiger partial charge in [0.1, 0.15) is 0 Å². The lowest BCUT2D eigenvalue weighted by Gasteiger charge is -2.10. The van der Waals surface area contributed by atoms with Crippen molar-refractivity contribution in [2.45, 2.75) is 13.0 Å². The Labute approximate surface area is 146 Å². The van der Waals surface area contributed by atoms with Crippen molar-refractivity contribution in [2.75, 3.05) is 0 Å². The molecule has 3 rings (SSSR count). The van der Waals surface area contributed by atoms with E-state index in [0.717, 1.165) is 16.3 Å². The van der Waals surface area contributed by atoms with Crippen molar-refractivity contribution in [3.05, 3.63) is 90.0 Å². The summed E-state index contributed by atoms with van der Waals surface area (Å²) in [5, 5.41) is 2.16. The molecule has 3 aromatic rings. The van der Waals surface area contributed by atoms with Gasteiger partial charge in [-0.2, -0.15) is 0 Å². The molecule has 0 fully saturated rings. The Balaban J connectivity index is 1.69. The second kappa shape index (κ2) is 7.58. The summed E-state index contributed by atoms with van der Waals surface area (Å²) in [4.78, 5) is 24.3. The molecule has 0 aliphatic heterocycles. The third-order valence-corrected chi connectivity index (χ3v) is 3.94. The fourth-order valence-electron chi connectivity index (χ4n) is 2.66. The van der Waals surface area contributed by atoms with Gasteiger partial charge < -0.3 is 4.74 Å². The number of rotatable bonds is 5. The predicted molar refractivity (Wildman–Crippen MR) is 99.3 cm³/mol. The fraction of sp³-hybridized carbons (Fsp3) is 0.0909. The maximum Gasteiger partial charge on any atom is 0.331 e. The minimum atomic E-state index is -0.827. The van der Waals surface area contributed by atoms with Crippen LogP contribution in [0.15, 0.2) is 78.9 Å².